The van der Waals surface area contributed by atoms with E-state index >= 15 is 0 Å². The minimum atomic E-state index is -0.289. The number of phenolic OH excluding ortho intramolecular Hbond substituents is 1. The molecule has 1 amide bonds. The van der Waals surface area contributed by atoms with E-state index < -0.39 is 0 Å². The molecule has 0 radical (unpaired) electrons. The first-order chi connectivity index (χ1) is 12.0. The first-order valence-electron chi connectivity index (χ1n) is 7.70. The monoisotopic (exact) mass is 341 g/mol. The standard InChI is InChI=1S/C18H19N3O4/c1-10-4-5-13-12(6-10)16(21-20-13)18(23)19-9-11-7-14(24-2)17(22)15(8-11)25-3/h4-8,22H,9H2,1-3H3,(H,19,23)(H,20,21). The number of aryl methyl sites for hydroxylation is 1. The maximum absolute atomic E-state index is 12.5. The van der Waals surface area contributed by atoms with Crippen molar-refractivity contribution in [1.29, 1.82) is 0 Å². The van der Waals surface area contributed by atoms with Crippen molar-refractivity contribution in [3.63, 3.8) is 0 Å². The number of fused-ring (bicyclic) bond motifs is 1. The van der Waals surface area contributed by atoms with Gasteiger partial charge in [-0.25, -0.2) is 0 Å². The van der Waals surface area contributed by atoms with Gasteiger partial charge in [0.05, 0.1) is 19.7 Å². The third-order valence-electron chi connectivity index (χ3n) is 3.93. The molecule has 0 spiro atoms. The number of aromatic nitrogens is 2. The van der Waals surface area contributed by atoms with Gasteiger partial charge in [-0.2, -0.15) is 5.10 Å². The number of hydrogen-bond acceptors (Lipinski definition) is 5. The molecule has 0 atom stereocenters. The molecule has 1 aromatic heterocycles. The van der Waals surface area contributed by atoms with Gasteiger partial charge in [0.15, 0.2) is 17.2 Å². The molecule has 7 nitrogen and oxygen atoms in total. The number of carbonyl (C=O) groups is 1. The lowest BCUT2D eigenvalue weighted by Gasteiger charge is -2.11. The minimum Gasteiger partial charge on any atom is -0.502 e. The largest absolute Gasteiger partial charge is 0.502 e. The van der Waals surface area contributed by atoms with Gasteiger partial charge in [0.1, 0.15) is 0 Å². The molecule has 7 heteroatoms. The van der Waals surface area contributed by atoms with Gasteiger partial charge in [-0.15, -0.1) is 0 Å². The summed E-state index contributed by atoms with van der Waals surface area (Å²) in [6.45, 7) is 2.20. The molecule has 130 valence electrons. The number of methoxy groups -OCH3 is 2. The molecule has 0 aliphatic carbocycles. The summed E-state index contributed by atoms with van der Waals surface area (Å²) in [7, 11) is 2.91. The van der Waals surface area contributed by atoms with E-state index in [2.05, 4.69) is 15.5 Å². The van der Waals surface area contributed by atoms with Gasteiger partial charge in [0.2, 0.25) is 5.75 Å². The second-order valence-corrected chi connectivity index (χ2v) is 5.65. The molecular weight excluding hydrogens is 322 g/mol. The van der Waals surface area contributed by atoms with Crippen molar-refractivity contribution in [3.05, 3.63) is 47.2 Å². The van der Waals surface area contributed by atoms with Crippen LogP contribution >= 0.6 is 0 Å². The minimum absolute atomic E-state index is 0.0751. The average molecular weight is 341 g/mol. The van der Waals surface area contributed by atoms with Crippen molar-refractivity contribution in [2.75, 3.05) is 14.2 Å². The molecule has 0 fully saturated rings. The van der Waals surface area contributed by atoms with Crippen molar-refractivity contribution in [2.45, 2.75) is 13.5 Å². The fourth-order valence-corrected chi connectivity index (χ4v) is 2.62. The predicted molar refractivity (Wildman–Crippen MR) is 93.2 cm³/mol. The van der Waals surface area contributed by atoms with Crippen LogP contribution in [0.5, 0.6) is 17.2 Å². The molecule has 3 N–H and O–H groups in total. The van der Waals surface area contributed by atoms with E-state index in [1.807, 2.05) is 25.1 Å². The lowest BCUT2D eigenvalue weighted by Crippen LogP contribution is -2.23. The molecule has 0 bridgehead atoms. The number of nitrogens with zero attached hydrogens (tertiary/aromatic N) is 1. The van der Waals surface area contributed by atoms with Crippen LogP contribution in [0.3, 0.4) is 0 Å². The Kier molecular flexibility index (Phi) is 4.47. The maximum Gasteiger partial charge on any atom is 0.272 e. The Morgan fingerprint density at radius 1 is 1.20 bits per heavy atom. The fourth-order valence-electron chi connectivity index (χ4n) is 2.62. The van der Waals surface area contributed by atoms with Gasteiger partial charge in [0.25, 0.3) is 5.91 Å². The van der Waals surface area contributed by atoms with E-state index in [1.54, 1.807) is 12.1 Å². The van der Waals surface area contributed by atoms with Crippen LogP contribution < -0.4 is 14.8 Å². The summed E-state index contributed by atoms with van der Waals surface area (Å²) in [4.78, 5) is 12.5. The molecule has 0 aliphatic heterocycles. The predicted octanol–water partition coefficient (Wildman–Crippen LogP) is 2.52. The molecule has 0 saturated heterocycles. The lowest BCUT2D eigenvalue weighted by molar-refractivity contribution is 0.0947. The van der Waals surface area contributed by atoms with Crippen LogP contribution in [0.2, 0.25) is 0 Å². The maximum atomic E-state index is 12.5. The summed E-state index contributed by atoms with van der Waals surface area (Å²) < 4.78 is 10.2. The Bertz CT molecular complexity index is 908. The van der Waals surface area contributed by atoms with Gasteiger partial charge in [-0.3, -0.25) is 9.89 Å². The number of aromatic amines is 1. The summed E-state index contributed by atoms with van der Waals surface area (Å²) in [6.07, 6.45) is 0. The van der Waals surface area contributed by atoms with Crippen molar-refractivity contribution >= 4 is 16.8 Å². The Balaban J connectivity index is 1.81. The summed E-state index contributed by atoms with van der Waals surface area (Å²) in [5, 5.41) is 20.5. The Labute approximate surface area is 144 Å². The summed E-state index contributed by atoms with van der Waals surface area (Å²) >= 11 is 0. The summed E-state index contributed by atoms with van der Waals surface area (Å²) in [6, 6.07) is 9.05. The van der Waals surface area contributed by atoms with E-state index in [1.165, 1.54) is 14.2 Å². The zero-order valence-corrected chi connectivity index (χ0v) is 14.2. The molecule has 0 unspecified atom stereocenters. The van der Waals surface area contributed by atoms with Gasteiger partial charge < -0.3 is 19.9 Å². The third-order valence-corrected chi connectivity index (χ3v) is 3.93. The summed E-state index contributed by atoms with van der Waals surface area (Å²) in [5.41, 5.74) is 2.94. The Morgan fingerprint density at radius 3 is 2.52 bits per heavy atom. The van der Waals surface area contributed by atoms with Crippen LogP contribution in [-0.4, -0.2) is 35.4 Å². The molecule has 0 aliphatic rings. The van der Waals surface area contributed by atoms with Crippen molar-refractivity contribution in [1.82, 2.24) is 15.5 Å². The van der Waals surface area contributed by atoms with E-state index in [4.69, 9.17) is 9.47 Å². The highest BCUT2D eigenvalue weighted by atomic mass is 16.5. The molecule has 2 aromatic carbocycles. The van der Waals surface area contributed by atoms with Gasteiger partial charge in [0, 0.05) is 11.9 Å². The van der Waals surface area contributed by atoms with Crippen molar-refractivity contribution in [3.8, 4) is 17.2 Å². The SMILES string of the molecule is COc1cc(CNC(=O)c2n[nH]c3ccc(C)cc23)cc(OC)c1O. The quantitative estimate of drug-likeness (QED) is 0.663. The van der Waals surface area contributed by atoms with Crippen LogP contribution in [-0.2, 0) is 6.54 Å². The second kappa shape index (κ2) is 6.72. The Hall–Kier alpha value is -3.22. The zero-order chi connectivity index (χ0) is 18.0. The molecule has 0 saturated carbocycles. The van der Waals surface area contributed by atoms with Crippen LogP contribution in [0.15, 0.2) is 30.3 Å². The van der Waals surface area contributed by atoms with Crippen LogP contribution in [0, 0.1) is 6.92 Å². The molecule has 3 rings (SSSR count). The highest BCUT2D eigenvalue weighted by Crippen LogP contribution is 2.37. The molecule has 1 heterocycles. The average Bonchev–Trinajstić information content (AvgIpc) is 3.03. The van der Waals surface area contributed by atoms with Crippen LogP contribution in [0.4, 0.5) is 0 Å². The molecular formula is C18H19N3O4. The van der Waals surface area contributed by atoms with Gasteiger partial charge in [-0.1, -0.05) is 11.6 Å². The number of H-pyrrole nitrogens is 1. The van der Waals surface area contributed by atoms with Crippen LogP contribution in [0.25, 0.3) is 10.9 Å². The van der Waals surface area contributed by atoms with Crippen molar-refractivity contribution < 1.29 is 19.4 Å². The number of phenols is 1. The third kappa shape index (κ3) is 3.21. The lowest BCUT2D eigenvalue weighted by atomic mass is 10.1. The molecule has 25 heavy (non-hydrogen) atoms. The van der Waals surface area contributed by atoms with Gasteiger partial charge in [-0.05, 0) is 36.8 Å². The Morgan fingerprint density at radius 2 is 1.88 bits per heavy atom. The topological polar surface area (TPSA) is 96.5 Å². The normalized spacial score (nSPS) is 10.7. The number of aromatic hydroxyl groups is 1. The van der Waals surface area contributed by atoms with Gasteiger partial charge >= 0.3 is 0 Å². The number of carbonyl (C=O) groups excluding carboxylic acids is 1. The number of nitrogens with one attached hydrogen (secondary N) is 2. The summed E-state index contributed by atoms with van der Waals surface area (Å²) in [5.74, 6) is 0.200. The number of amides is 1. The first kappa shape index (κ1) is 16.6. The second-order valence-electron chi connectivity index (χ2n) is 5.65. The smallest absolute Gasteiger partial charge is 0.272 e. The van der Waals surface area contributed by atoms with E-state index in [0.717, 1.165) is 22.0 Å². The van der Waals surface area contributed by atoms with E-state index in [-0.39, 0.29) is 29.7 Å². The number of benzene rings is 2. The van der Waals surface area contributed by atoms with Crippen LogP contribution in [0.1, 0.15) is 21.6 Å². The van der Waals surface area contributed by atoms with E-state index in [0.29, 0.717) is 5.69 Å². The van der Waals surface area contributed by atoms with E-state index in [9.17, 15) is 9.90 Å². The van der Waals surface area contributed by atoms with Crippen molar-refractivity contribution in [2.24, 2.45) is 0 Å². The highest BCUT2D eigenvalue weighted by molar-refractivity contribution is 6.04. The first-order valence-corrected chi connectivity index (χ1v) is 7.70. The number of ether oxygens (including phenoxy) is 2. The molecule has 3 aromatic rings. The zero-order valence-electron chi connectivity index (χ0n) is 14.2. The fraction of sp³-hybridized carbons (Fsp3) is 0.222. The highest BCUT2D eigenvalue weighted by Gasteiger charge is 2.15. The number of hydrogen-bond donors (Lipinski definition) is 3. The number of rotatable bonds is 5.